The first-order valence-corrected chi connectivity index (χ1v) is 11.6. The van der Waals surface area contributed by atoms with E-state index in [0.29, 0.717) is 17.4 Å². The molecule has 5 heteroatoms. The van der Waals surface area contributed by atoms with Gasteiger partial charge >= 0.3 is 5.97 Å². The maximum absolute atomic E-state index is 11.7. The van der Waals surface area contributed by atoms with Gasteiger partial charge in [0.25, 0.3) is 0 Å². The molecule has 0 aliphatic carbocycles. The lowest BCUT2D eigenvalue weighted by Crippen LogP contribution is -3.00. The van der Waals surface area contributed by atoms with E-state index in [9.17, 15) is 9.90 Å². The van der Waals surface area contributed by atoms with Crippen molar-refractivity contribution in [3.05, 3.63) is 12.2 Å². The lowest BCUT2D eigenvalue weighted by molar-refractivity contribution is -0.873. The molecule has 0 aromatic heterocycles. The number of ether oxygens (including phenoxy) is 1. The maximum Gasteiger partial charge on any atom is 0.305 e. The summed E-state index contributed by atoms with van der Waals surface area (Å²) in [5, 5.41) is 9.84. The highest BCUT2D eigenvalue weighted by molar-refractivity contribution is 5.69. The molecule has 1 atom stereocenters. The van der Waals surface area contributed by atoms with Crippen molar-refractivity contribution < 1.29 is 31.5 Å². The van der Waals surface area contributed by atoms with Crippen LogP contribution >= 0.6 is 0 Å². The molecule has 0 fully saturated rings. The van der Waals surface area contributed by atoms with Crippen molar-refractivity contribution in [1.82, 2.24) is 0 Å². The van der Waals surface area contributed by atoms with E-state index in [4.69, 9.17) is 4.74 Å². The highest BCUT2D eigenvalue weighted by Crippen LogP contribution is 2.10. The second kappa shape index (κ2) is 20.7. The number of aliphatic hydroxyl groups is 1. The largest absolute Gasteiger partial charge is 1.00 e. The van der Waals surface area contributed by atoms with Gasteiger partial charge in [-0.05, 0) is 32.1 Å². The fraction of sp³-hybridized carbons (Fsp3) is 0.875. The van der Waals surface area contributed by atoms with Gasteiger partial charge in [-0.3, -0.25) is 4.79 Å². The van der Waals surface area contributed by atoms with Crippen LogP contribution in [0.15, 0.2) is 12.2 Å². The topological polar surface area (TPSA) is 46.5 Å². The Kier molecular flexibility index (Phi) is 21.8. The predicted octanol–water partition coefficient (Wildman–Crippen LogP) is 2.64. The number of carbonyl (C=O) groups is 1. The summed E-state index contributed by atoms with van der Waals surface area (Å²) in [7, 11) is 6.03. The molecule has 0 radical (unpaired) electrons. The molecule has 0 aliphatic heterocycles. The standard InChI is InChI=1S/C24H48NO3.ClH/c1-5-6-7-8-9-10-11-12-13-14-15-16-17-18-19-20-24(27)28-22-23(26)21-25(2,3)4;/h12-13,23,26H,5-11,14-22H2,1-4H3;1H/q+1;/p-1/b13-12-;. The molecule has 0 heterocycles. The van der Waals surface area contributed by atoms with Gasteiger partial charge < -0.3 is 26.7 Å². The van der Waals surface area contributed by atoms with Crippen molar-refractivity contribution in [3.8, 4) is 0 Å². The van der Waals surface area contributed by atoms with Crippen molar-refractivity contribution in [2.24, 2.45) is 0 Å². The van der Waals surface area contributed by atoms with Gasteiger partial charge in [0.1, 0.15) is 19.3 Å². The minimum absolute atomic E-state index is 0. The summed E-state index contributed by atoms with van der Waals surface area (Å²) in [5.74, 6) is -0.182. The van der Waals surface area contributed by atoms with E-state index in [-0.39, 0.29) is 25.0 Å². The first kappa shape index (κ1) is 30.6. The van der Waals surface area contributed by atoms with Crippen LogP contribution in [0.1, 0.15) is 96.8 Å². The zero-order valence-electron chi connectivity index (χ0n) is 19.6. The average Bonchev–Trinajstić information content (AvgIpc) is 2.62. The molecule has 0 aromatic carbocycles. The molecule has 1 unspecified atom stereocenters. The van der Waals surface area contributed by atoms with Crippen molar-refractivity contribution >= 4 is 5.97 Å². The summed E-state index contributed by atoms with van der Waals surface area (Å²) in [5.41, 5.74) is 0. The van der Waals surface area contributed by atoms with Gasteiger partial charge in [-0.1, -0.05) is 70.4 Å². The van der Waals surface area contributed by atoms with E-state index >= 15 is 0 Å². The summed E-state index contributed by atoms with van der Waals surface area (Å²) in [6, 6.07) is 0. The second-order valence-electron chi connectivity index (χ2n) is 9.14. The van der Waals surface area contributed by atoms with Crippen molar-refractivity contribution in [2.75, 3.05) is 34.3 Å². The maximum atomic E-state index is 11.7. The van der Waals surface area contributed by atoms with E-state index in [1.54, 1.807) is 0 Å². The van der Waals surface area contributed by atoms with E-state index < -0.39 is 6.10 Å². The predicted molar refractivity (Wildman–Crippen MR) is 119 cm³/mol. The molecule has 1 N–H and O–H groups in total. The number of carbonyl (C=O) groups excluding carboxylic acids is 1. The van der Waals surface area contributed by atoms with Crippen molar-refractivity contribution in [2.45, 2.75) is 103 Å². The monoisotopic (exact) mass is 433 g/mol. The number of likely N-dealkylation sites (N-methyl/N-ethyl adjacent to an activating group) is 1. The van der Waals surface area contributed by atoms with E-state index in [0.717, 1.165) is 12.8 Å². The number of aliphatic hydroxyl groups excluding tert-OH is 1. The fourth-order valence-electron chi connectivity index (χ4n) is 3.29. The van der Waals surface area contributed by atoms with Gasteiger partial charge in [0.05, 0.1) is 21.1 Å². The van der Waals surface area contributed by atoms with E-state index in [1.165, 1.54) is 70.6 Å². The van der Waals surface area contributed by atoms with Crippen LogP contribution in [-0.2, 0) is 9.53 Å². The summed E-state index contributed by atoms with van der Waals surface area (Å²) in [4.78, 5) is 11.7. The zero-order valence-corrected chi connectivity index (χ0v) is 20.4. The minimum Gasteiger partial charge on any atom is -1.00 e. The Morgan fingerprint density at radius 3 is 1.86 bits per heavy atom. The van der Waals surface area contributed by atoms with E-state index in [1.807, 2.05) is 21.1 Å². The molecule has 174 valence electrons. The Morgan fingerprint density at radius 1 is 0.862 bits per heavy atom. The molecule has 0 saturated heterocycles. The minimum atomic E-state index is -0.585. The molecular formula is C24H48ClNO3. The zero-order chi connectivity index (χ0) is 21.1. The molecule has 29 heavy (non-hydrogen) atoms. The Bertz CT molecular complexity index is 394. The third-order valence-electron chi connectivity index (χ3n) is 4.84. The van der Waals surface area contributed by atoms with Crippen LogP contribution in [0.3, 0.4) is 0 Å². The Morgan fingerprint density at radius 2 is 1.34 bits per heavy atom. The van der Waals surface area contributed by atoms with Crippen molar-refractivity contribution in [3.63, 3.8) is 0 Å². The SMILES string of the molecule is CCCCCCCC/C=C\CCCCCCCC(=O)OCC(O)C[N+](C)(C)C.[Cl-]. The molecule has 0 saturated carbocycles. The van der Waals surface area contributed by atoms with Crippen LogP contribution < -0.4 is 12.4 Å². The molecular weight excluding hydrogens is 386 g/mol. The summed E-state index contributed by atoms with van der Waals surface area (Å²) < 4.78 is 5.82. The molecule has 0 bridgehead atoms. The first-order valence-electron chi connectivity index (χ1n) is 11.6. The number of esters is 1. The molecule has 0 rings (SSSR count). The van der Waals surface area contributed by atoms with Gasteiger partial charge in [0.2, 0.25) is 0 Å². The van der Waals surface area contributed by atoms with Crippen LogP contribution in [0.2, 0.25) is 0 Å². The molecule has 0 amide bonds. The summed E-state index contributed by atoms with van der Waals surface area (Å²) >= 11 is 0. The number of unbranched alkanes of at least 4 members (excludes halogenated alkanes) is 11. The van der Waals surface area contributed by atoms with Crippen LogP contribution in [0.5, 0.6) is 0 Å². The van der Waals surface area contributed by atoms with Gasteiger partial charge in [-0.25, -0.2) is 0 Å². The first-order chi connectivity index (χ1) is 13.3. The van der Waals surface area contributed by atoms with Gasteiger partial charge in [-0.15, -0.1) is 0 Å². The molecule has 0 aromatic rings. The van der Waals surface area contributed by atoms with Gasteiger partial charge in [0.15, 0.2) is 0 Å². The molecule has 0 spiro atoms. The normalized spacial score (nSPS) is 12.7. The Hall–Kier alpha value is -0.580. The smallest absolute Gasteiger partial charge is 0.305 e. The third-order valence-corrected chi connectivity index (χ3v) is 4.84. The van der Waals surface area contributed by atoms with Crippen LogP contribution in [0.25, 0.3) is 0 Å². The highest BCUT2D eigenvalue weighted by atomic mass is 35.5. The Labute approximate surface area is 187 Å². The summed E-state index contributed by atoms with van der Waals surface area (Å²) in [6.45, 7) is 2.96. The number of halogens is 1. The van der Waals surface area contributed by atoms with E-state index in [2.05, 4.69) is 19.1 Å². The van der Waals surface area contributed by atoms with Crippen LogP contribution in [-0.4, -0.2) is 56.0 Å². The molecule has 0 aliphatic rings. The molecule has 4 nitrogen and oxygen atoms in total. The number of allylic oxidation sites excluding steroid dienone is 2. The van der Waals surface area contributed by atoms with Gasteiger partial charge in [0, 0.05) is 6.42 Å². The lowest BCUT2D eigenvalue weighted by Gasteiger charge is -2.26. The average molecular weight is 434 g/mol. The third kappa shape index (κ3) is 25.4. The number of hydrogen-bond acceptors (Lipinski definition) is 3. The fourth-order valence-corrected chi connectivity index (χ4v) is 3.29. The van der Waals surface area contributed by atoms with Crippen LogP contribution in [0, 0.1) is 0 Å². The Balaban J connectivity index is 0. The van der Waals surface area contributed by atoms with Crippen LogP contribution in [0.4, 0.5) is 0 Å². The second-order valence-corrected chi connectivity index (χ2v) is 9.14. The number of nitrogens with zero attached hydrogens (tertiary/aromatic N) is 1. The quantitative estimate of drug-likeness (QED) is 0.147. The number of quaternary nitrogens is 1. The number of rotatable bonds is 19. The lowest BCUT2D eigenvalue weighted by atomic mass is 10.1. The van der Waals surface area contributed by atoms with Crippen molar-refractivity contribution in [1.29, 1.82) is 0 Å². The van der Waals surface area contributed by atoms with Gasteiger partial charge in [-0.2, -0.15) is 0 Å². The summed E-state index contributed by atoms with van der Waals surface area (Å²) in [6.07, 6.45) is 20.8. The highest BCUT2D eigenvalue weighted by Gasteiger charge is 2.17. The number of hydrogen-bond donors (Lipinski definition) is 1.